The molecule has 2 aromatic rings. The molecule has 0 amide bonds. The predicted octanol–water partition coefficient (Wildman–Crippen LogP) is 1.77. The molecule has 7 heteroatoms. The Bertz CT molecular complexity index is 855. The Balaban J connectivity index is 1.85. The molecule has 130 valence electrons. The lowest BCUT2D eigenvalue weighted by molar-refractivity contribution is 0.187. The van der Waals surface area contributed by atoms with Gasteiger partial charge in [-0.05, 0) is 31.4 Å². The minimum absolute atomic E-state index is 0.324. The zero-order valence-electron chi connectivity index (χ0n) is 14.7. The van der Waals surface area contributed by atoms with Gasteiger partial charge in [0.2, 0.25) is 10.0 Å². The van der Waals surface area contributed by atoms with Crippen molar-refractivity contribution in [2.24, 2.45) is 0 Å². The Kier molecular flexibility index (Phi) is 4.50. The van der Waals surface area contributed by atoms with E-state index in [1.807, 2.05) is 6.92 Å². The molecule has 0 bridgehead atoms. The summed E-state index contributed by atoms with van der Waals surface area (Å²) < 4.78 is 28.1. The van der Waals surface area contributed by atoms with Gasteiger partial charge in [0, 0.05) is 27.2 Å². The van der Waals surface area contributed by atoms with Crippen LogP contribution < -0.4 is 0 Å². The van der Waals surface area contributed by atoms with E-state index in [-0.39, 0.29) is 0 Å². The molecular formula is C17H24N4O2S. The van der Waals surface area contributed by atoms with E-state index in [4.69, 9.17) is 0 Å². The minimum atomic E-state index is -3.48. The van der Waals surface area contributed by atoms with Crippen LogP contribution in [0.25, 0.3) is 0 Å². The molecule has 2 heterocycles. The van der Waals surface area contributed by atoms with Crippen molar-refractivity contribution in [3.63, 3.8) is 0 Å². The number of sulfonamides is 1. The number of benzene rings is 1. The largest absolute Gasteiger partial charge is 0.280 e. The highest BCUT2D eigenvalue weighted by molar-refractivity contribution is 7.89. The molecule has 0 spiro atoms. The van der Waals surface area contributed by atoms with Crippen LogP contribution in [0.2, 0.25) is 0 Å². The monoisotopic (exact) mass is 348 g/mol. The highest BCUT2D eigenvalue weighted by atomic mass is 32.2. The SMILES string of the molecule is Cc1nn(CN2CCc3ccccc3C2)c(C)c1S(=O)(=O)N(C)C. The Hall–Kier alpha value is -1.70. The third-order valence-corrected chi connectivity index (χ3v) is 6.67. The molecule has 0 radical (unpaired) electrons. The average molecular weight is 348 g/mol. The maximum Gasteiger partial charge on any atom is 0.246 e. The van der Waals surface area contributed by atoms with E-state index in [1.165, 1.54) is 15.4 Å². The molecule has 0 unspecified atom stereocenters. The molecule has 0 saturated carbocycles. The van der Waals surface area contributed by atoms with Crippen molar-refractivity contribution in [1.82, 2.24) is 19.0 Å². The quantitative estimate of drug-likeness (QED) is 0.845. The average Bonchev–Trinajstić information content (AvgIpc) is 2.81. The summed E-state index contributed by atoms with van der Waals surface area (Å²) in [6, 6.07) is 8.48. The normalized spacial score (nSPS) is 15.7. The van der Waals surface area contributed by atoms with E-state index in [0.717, 1.165) is 19.5 Å². The number of hydrogen-bond acceptors (Lipinski definition) is 4. The van der Waals surface area contributed by atoms with E-state index in [2.05, 4.69) is 34.3 Å². The molecule has 0 N–H and O–H groups in total. The van der Waals surface area contributed by atoms with Gasteiger partial charge in [0.15, 0.2) is 0 Å². The lowest BCUT2D eigenvalue weighted by Crippen LogP contribution is -2.33. The number of rotatable bonds is 4. The van der Waals surface area contributed by atoms with E-state index in [9.17, 15) is 8.42 Å². The topological polar surface area (TPSA) is 58.4 Å². The van der Waals surface area contributed by atoms with Crippen molar-refractivity contribution in [2.75, 3.05) is 20.6 Å². The third-order valence-electron chi connectivity index (χ3n) is 4.60. The molecule has 1 aliphatic rings. The van der Waals surface area contributed by atoms with Crippen molar-refractivity contribution in [3.8, 4) is 0 Å². The fourth-order valence-electron chi connectivity index (χ4n) is 3.24. The number of nitrogens with zero attached hydrogens (tertiary/aromatic N) is 4. The highest BCUT2D eigenvalue weighted by Crippen LogP contribution is 2.24. The molecule has 0 aliphatic carbocycles. The number of fused-ring (bicyclic) bond motifs is 1. The van der Waals surface area contributed by atoms with E-state index >= 15 is 0 Å². The Morgan fingerprint density at radius 3 is 2.50 bits per heavy atom. The maximum absolute atomic E-state index is 12.5. The first-order valence-corrected chi connectivity index (χ1v) is 9.50. The summed E-state index contributed by atoms with van der Waals surface area (Å²) in [6.45, 7) is 6.00. The summed E-state index contributed by atoms with van der Waals surface area (Å²) in [5.41, 5.74) is 3.99. The smallest absolute Gasteiger partial charge is 0.246 e. The lowest BCUT2D eigenvalue weighted by atomic mass is 10.0. The fourth-order valence-corrected chi connectivity index (χ4v) is 4.50. The van der Waals surface area contributed by atoms with Gasteiger partial charge < -0.3 is 0 Å². The Labute approximate surface area is 143 Å². The molecule has 1 aliphatic heterocycles. The van der Waals surface area contributed by atoms with Crippen molar-refractivity contribution in [2.45, 2.75) is 38.4 Å². The van der Waals surface area contributed by atoms with Gasteiger partial charge in [-0.25, -0.2) is 12.7 Å². The first-order valence-electron chi connectivity index (χ1n) is 8.06. The second-order valence-electron chi connectivity index (χ2n) is 6.50. The van der Waals surface area contributed by atoms with Gasteiger partial charge in [-0.3, -0.25) is 9.58 Å². The van der Waals surface area contributed by atoms with Gasteiger partial charge >= 0.3 is 0 Å². The summed E-state index contributed by atoms with van der Waals surface area (Å²) in [4.78, 5) is 2.62. The van der Waals surface area contributed by atoms with Crippen LogP contribution in [-0.2, 0) is 29.7 Å². The van der Waals surface area contributed by atoms with Crippen LogP contribution in [0.5, 0.6) is 0 Å². The molecular weight excluding hydrogens is 324 g/mol. The fraction of sp³-hybridized carbons (Fsp3) is 0.471. The molecule has 6 nitrogen and oxygen atoms in total. The highest BCUT2D eigenvalue weighted by Gasteiger charge is 2.27. The van der Waals surface area contributed by atoms with E-state index in [0.29, 0.717) is 23.0 Å². The van der Waals surface area contributed by atoms with Crippen molar-refractivity contribution in [3.05, 3.63) is 46.8 Å². The van der Waals surface area contributed by atoms with Gasteiger partial charge in [-0.1, -0.05) is 24.3 Å². The zero-order valence-corrected chi connectivity index (χ0v) is 15.5. The molecule has 1 aromatic heterocycles. The standard InChI is InChI=1S/C17H24N4O2S/c1-13-17(24(22,23)19(3)4)14(2)21(18-13)12-20-10-9-15-7-5-6-8-16(15)11-20/h5-8H,9-12H2,1-4H3. The molecule has 24 heavy (non-hydrogen) atoms. The molecule has 0 atom stereocenters. The number of hydrogen-bond donors (Lipinski definition) is 0. The first kappa shape index (κ1) is 17.1. The van der Waals surface area contributed by atoms with Crippen LogP contribution in [0.15, 0.2) is 29.2 Å². The maximum atomic E-state index is 12.5. The van der Waals surface area contributed by atoms with Gasteiger partial charge in [-0.2, -0.15) is 5.10 Å². The summed E-state index contributed by atoms with van der Waals surface area (Å²) >= 11 is 0. The lowest BCUT2D eigenvalue weighted by Gasteiger charge is -2.28. The van der Waals surface area contributed by atoms with E-state index in [1.54, 1.807) is 25.7 Å². The van der Waals surface area contributed by atoms with Crippen LogP contribution in [-0.4, -0.2) is 48.0 Å². The van der Waals surface area contributed by atoms with Crippen molar-refractivity contribution < 1.29 is 8.42 Å². The first-order chi connectivity index (χ1) is 11.3. The van der Waals surface area contributed by atoms with Gasteiger partial charge in [0.1, 0.15) is 4.90 Å². The Morgan fingerprint density at radius 2 is 1.83 bits per heavy atom. The van der Waals surface area contributed by atoms with Crippen LogP contribution in [0.4, 0.5) is 0 Å². The van der Waals surface area contributed by atoms with E-state index < -0.39 is 10.0 Å². The summed E-state index contributed by atoms with van der Waals surface area (Å²) in [7, 11) is -0.378. The second kappa shape index (κ2) is 6.31. The van der Waals surface area contributed by atoms with Crippen LogP contribution in [0, 0.1) is 13.8 Å². The summed E-state index contributed by atoms with van der Waals surface area (Å²) in [6.07, 6.45) is 1.01. The summed E-state index contributed by atoms with van der Waals surface area (Å²) in [5, 5.41) is 4.48. The van der Waals surface area contributed by atoms with Crippen LogP contribution in [0.1, 0.15) is 22.5 Å². The molecule has 1 aromatic carbocycles. The van der Waals surface area contributed by atoms with Crippen molar-refractivity contribution >= 4 is 10.0 Å². The third kappa shape index (κ3) is 2.99. The zero-order chi connectivity index (χ0) is 17.5. The second-order valence-corrected chi connectivity index (χ2v) is 8.59. The Morgan fingerprint density at radius 1 is 1.17 bits per heavy atom. The summed E-state index contributed by atoms with van der Waals surface area (Å²) in [5.74, 6) is 0. The molecule has 0 saturated heterocycles. The minimum Gasteiger partial charge on any atom is -0.280 e. The number of aryl methyl sites for hydroxylation is 1. The van der Waals surface area contributed by atoms with Crippen LogP contribution >= 0.6 is 0 Å². The predicted molar refractivity (Wildman–Crippen MR) is 93.1 cm³/mol. The number of aromatic nitrogens is 2. The molecule has 0 fully saturated rings. The van der Waals surface area contributed by atoms with Crippen molar-refractivity contribution in [1.29, 1.82) is 0 Å². The van der Waals surface area contributed by atoms with Gasteiger partial charge in [0.05, 0.1) is 18.1 Å². The van der Waals surface area contributed by atoms with Crippen LogP contribution in [0.3, 0.4) is 0 Å². The molecule has 3 rings (SSSR count). The van der Waals surface area contributed by atoms with Gasteiger partial charge in [0.25, 0.3) is 0 Å². The van der Waals surface area contributed by atoms with Gasteiger partial charge in [-0.15, -0.1) is 0 Å².